The van der Waals surface area contributed by atoms with Crippen molar-refractivity contribution in [1.29, 1.82) is 0 Å². The van der Waals surface area contributed by atoms with Crippen LogP contribution in [0.15, 0.2) is 36.5 Å². The first kappa shape index (κ1) is 14.5. The third-order valence-corrected chi connectivity index (χ3v) is 3.54. The highest BCUT2D eigenvalue weighted by Gasteiger charge is 2.12. The van der Waals surface area contributed by atoms with Crippen LogP contribution < -0.4 is 10.5 Å². The second kappa shape index (κ2) is 6.15. The molecule has 22 heavy (non-hydrogen) atoms. The van der Waals surface area contributed by atoms with Crippen molar-refractivity contribution in [2.45, 2.75) is 27.0 Å². The lowest BCUT2D eigenvalue weighted by molar-refractivity contribution is 0.290. The highest BCUT2D eigenvalue weighted by molar-refractivity contribution is 5.72. The minimum absolute atomic E-state index is 0.401. The highest BCUT2D eigenvalue weighted by atomic mass is 16.5. The third kappa shape index (κ3) is 2.94. The number of aromatic nitrogens is 3. The number of rotatable bonds is 5. The predicted molar refractivity (Wildman–Crippen MR) is 86.8 cm³/mol. The van der Waals surface area contributed by atoms with Gasteiger partial charge in [-0.1, -0.05) is 17.7 Å². The number of hydrogen-bond donors (Lipinski definition) is 1. The molecular weight excluding hydrogens is 276 g/mol. The molecule has 0 amide bonds. The van der Waals surface area contributed by atoms with E-state index < -0.39 is 0 Å². The van der Waals surface area contributed by atoms with Crippen LogP contribution in [-0.2, 0) is 13.2 Å². The summed E-state index contributed by atoms with van der Waals surface area (Å²) >= 11 is 0. The molecular formula is C17H20N4O. The van der Waals surface area contributed by atoms with Crippen molar-refractivity contribution in [2.75, 3.05) is 6.54 Å². The molecule has 1 aromatic carbocycles. The molecule has 5 nitrogen and oxygen atoms in total. The maximum absolute atomic E-state index is 5.84. The zero-order chi connectivity index (χ0) is 15.5. The largest absolute Gasteiger partial charge is 0.486 e. The summed E-state index contributed by atoms with van der Waals surface area (Å²) in [5.74, 6) is 1.68. The molecule has 0 unspecified atom stereocenters. The van der Waals surface area contributed by atoms with Crippen molar-refractivity contribution >= 4 is 11.2 Å². The fourth-order valence-corrected chi connectivity index (χ4v) is 2.42. The Kier molecular flexibility index (Phi) is 4.06. The quantitative estimate of drug-likeness (QED) is 0.786. The number of ether oxygens (including phenoxy) is 1. The average molecular weight is 296 g/mol. The van der Waals surface area contributed by atoms with Gasteiger partial charge in [-0.05, 0) is 37.6 Å². The molecule has 0 saturated carbocycles. The summed E-state index contributed by atoms with van der Waals surface area (Å²) in [7, 11) is 0. The van der Waals surface area contributed by atoms with E-state index in [-0.39, 0.29) is 0 Å². The molecule has 3 aromatic rings. The summed E-state index contributed by atoms with van der Waals surface area (Å²) in [6, 6.07) is 10.0. The maximum atomic E-state index is 5.84. The van der Waals surface area contributed by atoms with E-state index in [9.17, 15) is 0 Å². The molecule has 0 saturated heterocycles. The summed E-state index contributed by atoms with van der Waals surface area (Å²) in [6.07, 6.45) is 1.85. The van der Waals surface area contributed by atoms with Gasteiger partial charge in [0.1, 0.15) is 23.7 Å². The van der Waals surface area contributed by atoms with Crippen LogP contribution in [0.25, 0.3) is 11.2 Å². The van der Waals surface area contributed by atoms with Crippen LogP contribution in [0.5, 0.6) is 5.75 Å². The number of imidazole rings is 1. The highest BCUT2D eigenvalue weighted by Crippen LogP contribution is 2.18. The zero-order valence-corrected chi connectivity index (χ0v) is 12.9. The smallest absolute Gasteiger partial charge is 0.160 e. The van der Waals surface area contributed by atoms with Crippen molar-refractivity contribution < 1.29 is 4.74 Å². The number of pyridine rings is 1. The number of hydrogen-bond acceptors (Lipinski definition) is 4. The molecule has 0 radical (unpaired) electrons. The Labute approximate surface area is 129 Å². The Morgan fingerprint density at radius 3 is 2.64 bits per heavy atom. The minimum atomic E-state index is 0.401. The van der Waals surface area contributed by atoms with Gasteiger partial charge in [0.15, 0.2) is 5.65 Å². The summed E-state index contributed by atoms with van der Waals surface area (Å²) in [4.78, 5) is 9.12. The van der Waals surface area contributed by atoms with Gasteiger partial charge in [0.05, 0.1) is 0 Å². The molecule has 0 aliphatic rings. The normalized spacial score (nSPS) is 11.0. The second-order valence-electron chi connectivity index (χ2n) is 5.43. The standard InChI is InChI=1S/C17H20N4O/c1-12-3-5-14(6-4-12)22-11-16-20-15-9-13(2)10-19-17(15)21(16)8-7-18/h3-6,9-10H,7-8,11,18H2,1-2H3. The average Bonchev–Trinajstić information content (AvgIpc) is 2.84. The summed E-state index contributed by atoms with van der Waals surface area (Å²) < 4.78 is 7.87. The molecule has 2 N–H and O–H groups in total. The summed E-state index contributed by atoms with van der Waals surface area (Å²) in [5.41, 5.74) is 9.77. The van der Waals surface area contributed by atoms with Gasteiger partial charge >= 0.3 is 0 Å². The Bertz CT molecular complexity index is 777. The topological polar surface area (TPSA) is 66.0 Å². The van der Waals surface area contributed by atoms with Crippen LogP contribution in [0.4, 0.5) is 0 Å². The van der Waals surface area contributed by atoms with Gasteiger partial charge in [-0.3, -0.25) is 0 Å². The summed E-state index contributed by atoms with van der Waals surface area (Å²) in [6.45, 7) is 5.69. The summed E-state index contributed by atoms with van der Waals surface area (Å²) in [5, 5.41) is 0. The molecule has 0 bridgehead atoms. The van der Waals surface area contributed by atoms with Gasteiger partial charge < -0.3 is 15.0 Å². The van der Waals surface area contributed by atoms with Crippen LogP contribution in [0.3, 0.4) is 0 Å². The first-order valence-electron chi connectivity index (χ1n) is 7.38. The number of benzene rings is 1. The molecule has 0 spiro atoms. The first-order chi connectivity index (χ1) is 10.7. The van der Waals surface area contributed by atoms with E-state index in [1.54, 1.807) is 0 Å². The van der Waals surface area contributed by atoms with Crippen LogP contribution in [-0.4, -0.2) is 21.1 Å². The van der Waals surface area contributed by atoms with E-state index in [0.29, 0.717) is 19.7 Å². The second-order valence-corrected chi connectivity index (χ2v) is 5.43. The molecule has 0 fully saturated rings. The van der Waals surface area contributed by atoms with Crippen LogP contribution in [0.1, 0.15) is 17.0 Å². The first-order valence-corrected chi connectivity index (χ1v) is 7.38. The molecule has 2 heterocycles. The van der Waals surface area contributed by atoms with E-state index in [0.717, 1.165) is 28.3 Å². The van der Waals surface area contributed by atoms with E-state index in [4.69, 9.17) is 10.5 Å². The van der Waals surface area contributed by atoms with Crippen molar-refractivity contribution in [1.82, 2.24) is 14.5 Å². The van der Waals surface area contributed by atoms with Crippen LogP contribution in [0, 0.1) is 13.8 Å². The minimum Gasteiger partial charge on any atom is -0.486 e. The van der Waals surface area contributed by atoms with E-state index in [1.807, 2.05) is 48.0 Å². The zero-order valence-electron chi connectivity index (χ0n) is 12.9. The molecule has 0 aliphatic carbocycles. The van der Waals surface area contributed by atoms with Crippen molar-refractivity contribution in [2.24, 2.45) is 5.73 Å². The Hall–Kier alpha value is -2.40. The maximum Gasteiger partial charge on any atom is 0.160 e. The van der Waals surface area contributed by atoms with Gasteiger partial charge in [-0.15, -0.1) is 0 Å². The predicted octanol–water partition coefficient (Wildman–Crippen LogP) is 2.59. The third-order valence-electron chi connectivity index (χ3n) is 3.54. The van der Waals surface area contributed by atoms with Crippen LogP contribution in [0.2, 0.25) is 0 Å². The lowest BCUT2D eigenvalue weighted by Crippen LogP contribution is -2.14. The van der Waals surface area contributed by atoms with Gasteiger partial charge in [-0.2, -0.15) is 0 Å². The Balaban J connectivity index is 1.88. The molecule has 114 valence electrons. The molecule has 0 aliphatic heterocycles. The van der Waals surface area contributed by atoms with Gasteiger partial charge in [0, 0.05) is 19.3 Å². The molecule has 5 heteroatoms. The monoisotopic (exact) mass is 296 g/mol. The Morgan fingerprint density at radius 2 is 1.91 bits per heavy atom. The Morgan fingerprint density at radius 1 is 1.14 bits per heavy atom. The molecule has 2 aromatic heterocycles. The van der Waals surface area contributed by atoms with Crippen LogP contribution >= 0.6 is 0 Å². The fourth-order valence-electron chi connectivity index (χ4n) is 2.42. The van der Waals surface area contributed by atoms with Crippen molar-refractivity contribution in [3.05, 3.63) is 53.5 Å². The lowest BCUT2D eigenvalue weighted by Gasteiger charge is -2.09. The van der Waals surface area contributed by atoms with Gasteiger partial charge in [0.25, 0.3) is 0 Å². The number of nitrogens with zero attached hydrogens (tertiary/aromatic N) is 3. The van der Waals surface area contributed by atoms with Crippen molar-refractivity contribution in [3.8, 4) is 5.75 Å². The lowest BCUT2D eigenvalue weighted by atomic mass is 10.2. The van der Waals surface area contributed by atoms with Gasteiger partial charge in [0.2, 0.25) is 0 Å². The molecule has 3 rings (SSSR count). The number of aryl methyl sites for hydroxylation is 2. The van der Waals surface area contributed by atoms with Crippen molar-refractivity contribution in [3.63, 3.8) is 0 Å². The fraction of sp³-hybridized carbons (Fsp3) is 0.294. The SMILES string of the molecule is Cc1ccc(OCc2nc3cc(C)cnc3n2CCN)cc1. The van der Waals surface area contributed by atoms with E-state index in [2.05, 4.69) is 16.9 Å². The van der Waals surface area contributed by atoms with Gasteiger partial charge in [-0.25, -0.2) is 9.97 Å². The number of nitrogens with two attached hydrogens (primary N) is 1. The van der Waals surface area contributed by atoms with E-state index >= 15 is 0 Å². The molecule has 0 atom stereocenters. The number of fused-ring (bicyclic) bond motifs is 1. The van der Waals surface area contributed by atoms with E-state index in [1.165, 1.54) is 5.56 Å².